The van der Waals surface area contributed by atoms with E-state index in [2.05, 4.69) is 15.5 Å². The molecule has 0 unspecified atom stereocenters. The van der Waals surface area contributed by atoms with Crippen molar-refractivity contribution in [2.24, 2.45) is 7.05 Å². The minimum absolute atomic E-state index is 0.0507. The minimum atomic E-state index is -0.206. The average Bonchev–Trinajstić information content (AvgIpc) is 3.24. The topological polar surface area (TPSA) is 59.8 Å². The Morgan fingerprint density at radius 2 is 2.14 bits per heavy atom. The highest BCUT2D eigenvalue weighted by atomic mass is 35.5. The lowest BCUT2D eigenvalue weighted by molar-refractivity contribution is -0.120. The maximum Gasteiger partial charge on any atom is 0.233 e. The van der Waals surface area contributed by atoms with Crippen LogP contribution >= 0.6 is 23.4 Å². The van der Waals surface area contributed by atoms with E-state index in [1.165, 1.54) is 11.8 Å². The van der Waals surface area contributed by atoms with Gasteiger partial charge >= 0.3 is 0 Å². The first-order valence-corrected chi connectivity index (χ1v) is 8.43. The van der Waals surface area contributed by atoms with Gasteiger partial charge < -0.3 is 9.88 Å². The quantitative estimate of drug-likeness (QED) is 0.853. The second kappa shape index (κ2) is 6.30. The molecule has 1 aromatic carbocycles. The first kappa shape index (κ1) is 15.4. The molecule has 22 heavy (non-hydrogen) atoms. The number of thioether (sulfide) groups is 1. The highest BCUT2D eigenvalue weighted by Crippen LogP contribution is 2.30. The predicted octanol–water partition coefficient (Wildman–Crippen LogP) is 2.89. The standard InChI is InChI=1S/C15H17ClN4OS/c1-9(14(21)17-10-7-8-10)22-15-19-18-13(20(15)2)11-5-3-4-6-12(11)16/h3-6,9-10H,7-8H2,1-2H3,(H,17,21)/t9-/m1/s1. The number of nitrogens with zero attached hydrogens (tertiary/aromatic N) is 3. The fourth-order valence-electron chi connectivity index (χ4n) is 2.05. The molecule has 1 fully saturated rings. The van der Waals surface area contributed by atoms with Crippen LogP contribution < -0.4 is 5.32 Å². The van der Waals surface area contributed by atoms with Crippen molar-refractivity contribution in [1.29, 1.82) is 0 Å². The van der Waals surface area contributed by atoms with Gasteiger partial charge in [0.05, 0.1) is 10.3 Å². The third kappa shape index (κ3) is 3.28. The Morgan fingerprint density at radius 1 is 1.41 bits per heavy atom. The molecule has 0 spiro atoms. The molecule has 1 aliphatic rings. The minimum Gasteiger partial charge on any atom is -0.352 e. The van der Waals surface area contributed by atoms with Crippen molar-refractivity contribution in [2.75, 3.05) is 0 Å². The van der Waals surface area contributed by atoms with Gasteiger partial charge in [-0.2, -0.15) is 0 Å². The van der Waals surface area contributed by atoms with E-state index in [4.69, 9.17) is 11.6 Å². The number of carbonyl (C=O) groups excluding carboxylic acids is 1. The van der Waals surface area contributed by atoms with Crippen LogP contribution in [0.2, 0.25) is 5.02 Å². The molecule has 1 N–H and O–H groups in total. The van der Waals surface area contributed by atoms with Crippen LogP contribution in [0.4, 0.5) is 0 Å². The maximum absolute atomic E-state index is 12.0. The van der Waals surface area contributed by atoms with Crippen molar-refractivity contribution in [1.82, 2.24) is 20.1 Å². The average molecular weight is 337 g/mol. The van der Waals surface area contributed by atoms with E-state index < -0.39 is 0 Å². The summed E-state index contributed by atoms with van der Waals surface area (Å²) in [6.07, 6.45) is 2.17. The molecular weight excluding hydrogens is 320 g/mol. The number of amides is 1. The molecule has 7 heteroatoms. The van der Waals surface area contributed by atoms with Gasteiger partial charge in [0.1, 0.15) is 0 Å². The lowest BCUT2D eigenvalue weighted by atomic mass is 10.2. The van der Waals surface area contributed by atoms with Crippen LogP contribution in [0.5, 0.6) is 0 Å². The molecule has 0 radical (unpaired) electrons. The van der Waals surface area contributed by atoms with Crippen LogP contribution in [0.15, 0.2) is 29.4 Å². The molecule has 116 valence electrons. The molecule has 0 saturated heterocycles. The van der Waals surface area contributed by atoms with Crippen LogP contribution in [0.1, 0.15) is 19.8 Å². The smallest absolute Gasteiger partial charge is 0.233 e. The van der Waals surface area contributed by atoms with E-state index in [-0.39, 0.29) is 11.2 Å². The normalized spacial score (nSPS) is 15.6. The van der Waals surface area contributed by atoms with Crippen LogP contribution in [0.25, 0.3) is 11.4 Å². The van der Waals surface area contributed by atoms with Gasteiger partial charge in [0.2, 0.25) is 5.91 Å². The van der Waals surface area contributed by atoms with Crippen LogP contribution in [0.3, 0.4) is 0 Å². The zero-order chi connectivity index (χ0) is 15.7. The number of benzene rings is 1. The Balaban J connectivity index is 1.75. The summed E-state index contributed by atoms with van der Waals surface area (Å²) in [6.45, 7) is 1.88. The molecule has 1 heterocycles. The van der Waals surface area contributed by atoms with Gasteiger partial charge in [-0.05, 0) is 31.9 Å². The fourth-order valence-corrected chi connectivity index (χ4v) is 3.10. The number of rotatable bonds is 5. The van der Waals surface area contributed by atoms with Crippen LogP contribution in [0, 0.1) is 0 Å². The molecule has 1 aliphatic carbocycles. The van der Waals surface area contributed by atoms with E-state index >= 15 is 0 Å². The van der Waals surface area contributed by atoms with E-state index in [1.807, 2.05) is 42.8 Å². The monoisotopic (exact) mass is 336 g/mol. The summed E-state index contributed by atoms with van der Waals surface area (Å²) < 4.78 is 1.87. The number of hydrogen-bond donors (Lipinski definition) is 1. The number of hydrogen-bond acceptors (Lipinski definition) is 4. The largest absolute Gasteiger partial charge is 0.352 e. The van der Waals surface area contributed by atoms with E-state index in [9.17, 15) is 4.79 Å². The summed E-state index contributed by atoms with van der Waals surface area (Å²) in [5.41, 5.74) is 0.834. The van der Waals surface area contributed by atoms with Crippen molar-refractivity contribution in [3.05, 3.63) is 29.3 Å². The Hall–Kier alpha value is -1.53. The number of nitrogens with one attached hydrogen (secondary N) is 1. The summed E-state index contributed by atoms with van der Waals surface area (Å²) in [5, 5.41) is 12.5. The molecule has 1 amide bonds. The van der Waals surface area contributed by atoms with Crippen molar-refractivity contribution in [2.45, 2.75) is 36.2 Å². The molecule has 5 nitrogen and oxygen atoms in total. The number of halogens is 1. The lowest BCUT2D eigenvalue weighted by Crippen LogP contribution is -2.32. The molecule has 2 aromatic rings. The second-order valence-corrected chi connectivity index (χ2v) is 7.10. The fraction of sp³-hybridized carbons (Fsp3) is 0.400. The van der Waals surface area contributed by atoms with Gasteiger partial charge in [0.25, 0.3) is 0 Å². The first-order valence-electron chi connectivity index (χ1n) is 7.17. The number of aromatic nitrogens is 3. The van der Waals surface area contributed by atoms with Crippen molar-refractivity contribution in [3.8, 4) is 11.4 Å². The van der Waals surface area contributed by atoms with Gasteiger partial charge in [0.15, 0.2) is 11.0 Å². The molecule has 1 aromatic heterocycles. The highest BCUT2D eigenvalue weighted by Gasteiger charge is 2.27. The summed E-state index contributed by atoms with van der Waals surface area (Å²) in [6, 6.07) is 7.89. The van der Waals surface area contributed by atoms with E-state index in [1.54, 1.807) is 0 Å². The maximum atomic E-state index is 12.0. The summed E-state index contributed by atoms with van der Waals surface area (Å²) in [5.74, 6) is 0.748. The van der Waals surface area contributed by atoms with Crippen LogP contribution in [-0.2, 0) is 11.8 Å². The third-order valence-corrected chi connectivity index (χ3v) is 4.99. The van der Waals surface area contributed by atoms with E-state index in [0.29, 0.717) is 22.0 Å². The van der Waals surface area contributed by atoms with Gasteiger partial charge in [-0.1, -0.05) is 35.5 Å². The zero-order valence-electron chi connectivity index (χ0n) is 12.4. The Bertz CT molecular complexity index is 699. The second-order valence-electron chi connectivity index (χ2n) is 5.39. The molecule has 3 rings (SSSR count). The third-order valence-electron chi connectivity index (χ3n) is 3.52. The summed E-state index contributed by atoms with van der Waals surface area (Å²) >= 11 is 7.61. The molecule has 1 saturated carbocycles. The van der Waals surface area contributed by atoms with Crippen molar-refractivity contribution in [3.63, 3.8) is 0 Å². The first-order chi connectivity index (χ1) is 10.6. The van der Waals surface area contributed by atoms with Gasteiger partial charge in [-0.15, -0.1) is 10.2 Å². The van der Waals surface area contributed by atoms with E-state index in [0.717, 1.165) is 18.4 Å². The molecule has 1 atom stereocenters. The van der Waals surface area contributed by atoms with Crippen molar-refractivity contribution < 1.29 is 4.79 Å². The van der Waals surface area contributed by atoms with Gasteiger partial charge in [-0.3, -0.25) is 4.79 Å². The lowest BCUT2D eigenvalue weighted by Gasteiger charge is -2.11. The van der Waals surface area contributed by atoms with Gasteiger partial charge in [0, 0.05) is 18.7 Å². The van der Waals surface area contributed by atoms with Crippen molar-refractivity contribution >= 4 is 29.3 Å². The highest BCUT2D eigenvalue weighted by molar-refractivity contribution is 8.00. The Kier molecular flexibility index (Phi) is 4.40. The Labute approximate surface area is 138 Å². The molecule has 0 aliphatic heterocycles. The Morgan fingerprint density at radius 3 is 2.82 bits per heavy atom. The summed E-state index contributed by atoms with van der Waals surface area (Å²) in [7, 11) is 1.88. The zero-order valence-corrected chi connectivity index (χ0v) is 14.0. The predicted molar refractivity (Wildman–Crippen MR) is 87.9 cm³/mol. The molecular formula is C15H17ClN4OS. The molecule has 0 bridgehead atoms. The SMILES string of the molecule is C[C@@H](Sc1nnc(-c2ccccc2Cl)n1C)C(=O)NC1CC1. The summed E-state index contributed by atoms with van der Waals surface area (Å²) in [4.78, 5) is 12.0. The van der Waals surface area contributed by atoms with Crippen LogP contribution in [-0.4, -0.2) is 32.0 Å². The number of carbonyl (C=O) groups is 1. The van der Waals surface area contributed by atoms with Gasteiger partial charge in [-0.25, -0.2) is 0 Å².